The van der Waals surface area contributed by atoms with Crippen molar-refractivity contribution >= 4 is 23.6 Å². The lowest BCUT2D eigenvalue weighted by atomic mass is 9.98. The Morgan fingerprint density at radius 2 is 2.29 bits per heavy atom. The molecular formula is C11H20N2O3S. The molecule has 0 bridgehead atoms. The maximum Gasteiger partial charge on any atom is 0.326 e. The van der Waals surface area contributed by atoms with Gasteiger partial charge in [0.25, 0.3) is 0 Å². The van der Waals surface area contributed by atoms with E-state index in [1.807, 2.05) is 13.2 Å². The molecule has 1 heterocycles. The molecule has 0 spiro atoms. The first-order valence-corrected chi connectivity index (χ1v) is 7.17. The molecule has 0 aromatic rings. The topological polar surface area (TPSA) is 78.4 Å². The maximum atomic E-state index is 12.0. The number of carbonyl (C=O) groups excluding carboxylic acids is 1. The van der Waals surface area contributed by atoms with Crippen LogP contribution in [0.2, 0.25) is 0 Å². The van der Waals surface area contributed by atoms with Crippen molar-refractivity contribution in [2.45, 2.75) is 37.8 Å². The average Bonchev–Trinajstić information content (AvgIpc) is 2.72. The van der Waals surface area contributed by atoms with E-state index in [0.717, 1.165) is 25.1 Å². The number of thioether (sulfide) groups is 1. The zero-order valence-corrected chi connectivity index (χ0v) is 11.1. The summed E-state index contributed by atoms with van der Waals surface area (Å²) in [5.74, 6) is -0.445. The predicted octanol–water partition coefficient (Wildman–Crippen LogP) is 0.451. The maximum absolute atomic E-state index is 12.0. The van der Waals surface area contributed by atoms with Crippen LogP contribution in [0, 0.1) is 0 Å². The van der Waals surface area contributed by atoms with Gasteiger partial charge in [-0.3, -0.25) is 4.79 Å². The van der Waals surface area contributed by atoms with Gasteiger partial charge in [0.05, 0.1) is 5.54 Å². The highest BCUT2D eigenvalue weighted by molar-refractivity contribution is 7.98. The first-order valence-electron chi connectivity index (χ1n) is 5.77. The first-order chi connectivity index (χ1) is 7.99. The molecule has 6 heteroatoms. The van der Waals surface area contributed by atoms with E-state index < -0.39 is 17.6 Å². The summed E-state index contributed by atoms with van der Waals surface area (Å²) in [5.41, 5.74) is -0.604. The monoisotopic (exact) mass is 260 g/mol. The molecule has 0 aromatic heterocycles. The van der Waals surface area contributed by atoms with Crippen LogP contribution in [0.3, 0.4) is 0 Å². The molecular weight excluding hydrogens is 240 g/mol. The number of rotatable bonds is 6. The molecule has 98 valence electrons. The molecule has 0 aliphatic carbocycles. The van der Waals surface area contributed by atoms with Crippen molar-refractivity contribution < 1.29 is 14.7 Å². The van der Waals surface area contributed by atoms with Crippen LogP contribution in [0.15, 0.2) is 0 Å². The molecule has 1 amide bonds. The van der Waals surface area contributed by atoms with Gasteiger partial charge in [0.1, 0.15) is 6.04 Å². The highest BCUT2D eigenvalue weighted by atomic mass is 32.2. The van der Waals surface area contributed by atoms with Gasteiger partial charge in [0.2, 0.25) is 5.91 Å². The average molecular weight is 260 g/mol. The SMILES string of the molecule is CSCC[C@H](NC(=O)C1(C)CCCN1)C(=O)O. The van der Waals surface area contributed by atoms with E-state index in [1.54, 1.807) is 11.8 Å². The quantitative estimate of drug-likeness (QED) is 0.646. The van der Waals surface area contributed by atoms with Gasteiger partial charge in [-0.25, -0.2) is 4.79 Å². The minimum Gasteiger partial charge on any atom is -0.480 e. The van der Waals surface area contributed by atoms with Gasteiger partial charge < -0.3 is 15.7 Å². The lowest BCUT2D eigenvalue weighted by molar-refractivity contribution is -0.142. The summed E-state index contributed by atoms with van der Waals surface area (Å²) in [7, 11) is 0. The summed E-state index contributed by atoms with van der Waals surface area (Å²) in [6.07, 6.45) is 4.08. The van der Waals surface area contributed by atoms with Crippen LogP contribution in [0.25, 0.3) is 0 Å². The smallest absolute Gasteiger partial charge is 0.326 e. The Bertz CT molecular complexity index is 290. The largest absolute Gasteiger partial charge is 0.480 e. The van der Waals surface area contributed by atoms with Gasteiger partial charge >= 0.3 is 5.97 Å². The Morgan fingerprint density at radius 3 is 2.76 bits per heavy atom. The van der Waals surface area contributed by atoms with Crippen LogP contribution in [-0.2, 0) is 9.59 Å². The fraction of sp³-hybridized carbons (Fsp3) is 0.818. The minimum atomic E-state index is -0.964. The number of carboxylic acid groups (broad SMARTS) is 1. The number of carboxylic acids is 1. The normalized spacial score (nSPS) is 25.5. The minimum absolute atomic E-state index is 0.205. The lowest BCUT2D eigenvalue weighted by Crippen LogP contribution is -2.55. The number of carbonyl (C=O) groups is 2. The van der Waals surface area contributed by atoms with Crippen LogP contribution >= 0.6 is 11.8 Å². The predicted molar refractivity (Wildman–Crippen MR) is 68.2 cm³/mol. The van der Waals surface area contributed by atoms with E-state index in [0.29, 0.717) is 6.42 Å². The van der Waals surface area contributed by atoms with Crippen molar-refractivity contribution in [2.75, 3.05) is 18.6 Å². The Hall–Kier alpha value is -0.750. The van der Waals surface area contributed by atoms with Crippen molar-refractivity contribution in [3.05, 3.63) is 0 Å². The van der Waals surface area contributed by atoms with E-state index in [9.17, 15) is 9.59 Å². The zero-order chi connectivity index (χ0) is 12.9. The highest BCUT2D eigenvalue weighted by Gasteiger charge is 2.37. The van der Waals surface area contributed by atoms with Gasteiger partial charge in [-0.2, -0.15) is 11.8 Å². The summed E-state index contributed by atoms with van der Waals surface area (Å²) in [5, 5.41) is 14.8. The molecule has 17 heavy (non-hydrogen) atoms. The van der Waals surface area contributed by atoms with Crippen LogP contribution in [0.4, 0.5) is 0 Å². The Balaban J connectivity index is 2.54. The third-order valence-corrected chi connectivity index (χ3v) is 3.73. The zero-order valence-electron chi connectivity index (χ0n) is 10.3. The highest BCUT2D eigenvalue weighted by Crippen LogP contribution is 2.18. The summed E-state index contributed by atoms with van der Waals surface area (Å²) >= 11 is 1.58. The van der Waals surface area contributed by atoms with E-state index >= 15 is 0 Å². The van der Waals surface area contributed by atoms with E-state index in [4.69, 9.17) is 5.11 Å². The summed E-state index contributed by atoms with van der Waals surface area (Å²) in [6, 6.07) is -0.783. The number of amides is 1. The van der Waals surface area contributed by atoms with E-state index in [2.05, 4.69) is 10.6 Å². The second-order valence-corrected chi connectivity index (χ2v) is 5.49. The van der Waals surface area contributed by atoms with Gasteiger partial charge in [-0.1, -0.05) is 0 Å². The molecule has 1 unspecified atom stereocenters. The molecule has 0 radical (unpaired) electrons. The molecule has 5 nitrogen and oxygen atoms in total. The molecule has 3 N–H and O–H groups in total. The second kappa shape index (κ2) is 6.26. The molecule has 1 saturated heterocycles. The molecule has 0 aromatic carbocycles. The third kappa shape index (κ3) is 3.89. The van der Waals surface area contributed by atoms with Crippen molar-refractivity contribution in [3.63, 3.8) is 0 Å². The van der Waals surface area contributed by atoms with Crippen molar-refractivity contribution in [1.82, 2.24) is 10.6 Å². The Kier molecular flexibility index (Phi) is 5.27. The molecule has 1 aliphatic rings. The third-order valence-electron chi connectivity index (χ3n) is 3.08. The van der Waals surface area contributed by atoms with Gasteiger partial charge in [0.15, 0.2) is 0 Å². The van der Waals surface area contributed by atoms with Gasteiger partial charge in [-0.15, -0.1) is 0 Å². The molecule has 0 saturated carbocycles. The summed E-state index contributed by atoms with van der Waals surface area (Å²) in [4.78, 5) is 23.0. The van der Waals surface area contributed by atoms with Crippen LogP contribution in [-0.4, -0.2) is 47.1 Å². The van der Waals surface area contributed by atoms with Crippen LogP contribution in [0.1, 0.15) is 26.2 Å². The fourth-order valence-electron chi connectivity index (χ4n) is 1.90. The Labute approximate surface area is 106 Å². The van der Waals surface area contributed by atoms with Crippen molar-refractivity contribution in [3.8, 4) is 0 Å². The van der Waals surface area contributed by atoms with Gasteiger partial charge in [0, 0.05) is 0 Å². The standard InChI is InChI=1S/C11H20N2O3S/c1-11(5-3-6-12-11)10(16)13-8(9(14)15)4-7-17-2/h8,12H,3-7H2,1-2H3,(H,13,16)(H,14,15)/t8-,11?/m0/s1. The molecule has 2 atom stereocenters. The van der Waals surface area contributed by atoms with Crippen molar-refractivity contribution in [2.24, 2.45) is 0 Å². The number of hydrogen-bond acceptors (Lipinski definition) is 4. The summed E-state index contributed by atoms with van der Waals surface area (Å²) in [6.45, 7) is 2.63. The van der Waals surface area contributed by atoms with Gasteiger partial charge in [-0.05, 0) is 44.7 Å². The first kappa shape index (κ1) is 14.3. The van der Waals surface area contributed by atoms with Crippen LogP contribution in [0.5, 0.6) is 0 Å². The molecule has 1 rings (SSSR count). The van der Waals surface area contributed by atoms with Crippen LogP contribution < -0.4 is 10.6 Å². The summed E-state index contributed by atoms with van der Waals surface area (Å²) < 4.78 is 0. The number of hydrogen-bond donors (Lipinski definition) is 3. The fourth-order valence-corrected chi connectivity index (χ4v) is 2.37. The number of nitrogens with one attached hydrogen (secondary N) is 2. The molecule has 1 fully saturated rings. The lowest BCUT2D eigenvalue weighted by Gasteiger charge is -2.25. The van der Waals surface area contributed by atoms with E-state index in [-0.39, 0.29) is 5.91 Å². The number of aliphatic carboxylic acids is 1. The van der Waals surface area contributed by atoms with Crippen molar-refractivity contribution in [1.29, 1.82) is 0 Å². The van der Waals surface area contributed by atoms with E-state index in [1.165, 1.54) is 0 Å². The molecule has 1 aliphatic heterocycles. The second-order valence-electron chi connectivity index (χ2n) is 4.51. The Morgan fingerprint density at radius 1 is 1.59 bits per heavy atom.